The van der Waals surface area contributed by atoms with E-state index in [1.54, 1.807) is 11.3 Å². The van der Waals surface area contributed by atoms with Crippen LogP contribution in [0.25, 0.3) is 21.5 Å². The fourth-order valence-corrected chi connectivity index (χ4v) is 5.41. The molecule has 0 aliphatic heterocycles. The Bertz CT molecular complexity index is 1500. The molecule has 1 unspecified atom stereocenters. The van der Waals surface area contributed by atoms with Gasteiger partial charge in [-0.1, -0.05) is 54.1 Å². The number of hydrogen-bond donors (Lipinski definition) is 4. The topological polar surface area (TPSA) is 103 Å². The molecule has 188 valence electrons. The Morgan fingerprint density at radius 1 is 1.05 bits per heavy atom. The highest BCUT2D eigenvalue weighted by molar-refractivity contribution is 7.15. The van der Waals surface area contributed by atoms with Gasteiger partial charge in [-0.2, -0.15) is 0 Å². The summed E-state index contributed by atoms with van der Waals surface area (Å²) in [5, 5.41) is 17.4. The number of aryl methyl sites for hydroxylation is 3. The van der Waals surface area contributed by atoms with Crippen LogP contribution in [0.15, 0.2) is 66.9 Å². The van der Waals surface area contributed by atoms with E-state index in [1.807, 2.05) is 75.5 Å². The molecule has 0 aliphatic rings. The van der Waals surface area contributed by atoms with Gasteiger partial charge < -0.3 is 20.7 Å². The van der Waals surface area contributed by atoms with E-state index in [2.05, 4.69) is 37.7 Å². The number of carboxylic acid groups (broad SMARTS) is 1. The summed E-state index contributed by atoms with van der Waals surface area (Å²) in [5.74, 6) is -0.146. The Hall–Kier alpha value is -4.17. The van der Waals surface area contributed by atoms with Crippen molar-refractivity contribution in [3.8, 4) is 10.4 Å². The lowest BCUT2D eigenvalue weighted by atomic mass is 10.0. The van der Waals surface area contributed by atoms with Crippen LogP contribution in [-0.4, -0.2) is 32.1 Å². The molecule has 2 heterocycles. The van der Waals surface area contributed by atoms with Crippen LogP contribution in [0.5, 0.6) is 0 Å². The zero-order valence-corrected chi connectivity index (χ0v) is 21.8. The molecule has 5 rings (SSSR count). The van der Waals surface area contributed by atoms with Crippen LogP contribution in [0.3, 0.4) is 0 Å². The number of imidazole rings is 1. The SMILES string of the molecule is Cc1cc(C)c(NC(Cc2ccc(-c3cnc(CNc4nc5ccccc5[nH]4)s3)cc2)C(=O)O)c(C)c1. The molecule has 0 radical (unpaired) electrons. The van der Waals surface area contributed by atoms with E-state index in [9.17, 15) is 9.90 Å². The molecule has 0 fully saturated rings. The zero-order valence-electron chi connectivity index (χ0n) is 21.0. The second-order valence-electron chi connectivity index (χ2n) is 9.28. The molecular weight excluding hydrogens is 482 g/mol. The van der Waals surface area contributed by atoms with Crippen LogP contribution in [0.4, 0.5) is 11.6 Å². The Morgan fingerprint density at radius 2 is 1.78 bits per heavy atom. The maximum atomic E-state index is 12.0. The second-order valence-corrected chi connectivity index (χ2v) is 10.4. The first-order valence-corrected chi connectivity index (χ1v) is 13.0. The number of H-pyrrole nitrogens is 1. The molecule has 0 saturated carbocycles. The lowest BCUT2D eigenvalue weighted by Gasteiger charge is -2.20. The van der Waals surface area contributed by atoms with E-state index in [0.29, 0.717) is 13.0 Å². The van der Waals surface area contributed by atoms with Gasteiger partial charge in [0, 0.05) is 18.3 Å². The Balaban J connectivity index is 1.23. The lowest BCUT2D eigenvalue weighted by molar-refractivity contribution is -0.137. The highest BCUT2D eigenvalue weighted by Crippen LogP contribution is 2.28. The largest absolute Gasteiger partial charge is 0.480 e. The van der Waals surface area contributed by atoms with Gasteiger partial charge in [-0.3, -0.25) is 0 Å². The average Bonchev–Trinajstić information content (AvgIpc) is 3.51. The molecule has 0 bridgehead atoms. The van der Waals surface area contributed by atoms with E-state index < -0.39 is 12.0 Å². The molecule has 5 aromatic rings. The van der Waals surface area contributed by atoms with Crippen molar-refractivity contribution in [1.29, 1.82) is 0 Å². The third-order valence-electron chi connectivity index (χ3n) is 6.32. The van der Waals surface area contributed by atoms with Crippen LogP contribution < -0.4 is 10.6 Å². The highest BCUT2D eigenvalue weighted by Gasteiger charge is 2.20. The number of anilines is 2. The van der Waals surface area contributed by atoms with Gasteiger partial charge in [0.2, 0.25) is 5.95 Å². The summed E-state index contributed by atoms with van der Waals surface area (Å²) in [5.41, 5.74) is 8.10. The monoisotopic (exact) mass is 511 g/mol. The van der Waals surface area contributed by atoms with E-state index >= 15 is 0 Å². The smallest absolute Gasteiger partial charge is 0.326 e. The second kappa shape index (κ2) is 10.4. The van der Waals surface area contributed by atoms with Gasteiger partial charge in [0.1, 0.15) is 11.0 Å². The first-order valence-electron chi connectivity index (χ1n) is 12.2. The maximum Gasteiger partial charge on any atom is 0.326 e. The highest BCUT2D eigenvalue weighted by atomic mass is 32.1. The summed E-state index contributed by atoms with van der Waals surface area (Å²) in [6.07, 6.45) is 2.26. The molecule has 0 saturated heterocycles. The number of rotatable bonds is 9. The number of aromatic nitrogens is 3. The number of fused-ring (bicyclic) bond motifs is 1. The summed E-state index contributed by atoms with van der Waals surface area (Å²) >= 11 is 1.62. The minimum absolute atomic E-state index is 0.387. The number of para-hydroxylation sites is 2. The minimum Gasteiger partial charge on any atom is -0.480 e. The van der Waals surface area contributed by atoms with Crippen molar-refractivity contribution in [2.45, 2.75) is 39.8 Å². The van der Waals surface area contributed by atoms with E-state index in [1.165, 1.54) is 5.56 Å². The molecule has 37 heavy (non-hydrogen) atoms. The molecular formula is C29H29N5O2S. The van der Waals surface area contributed by atoms with Gasteiger partial charge in [-0.05, 0) is 55.2 Å². The number of nitrogens with zero attached hydrogens (tertiary/aromatic N) is 2. The van der Waals surface area contributed by atoms with Gasteiger partial charge in [-0.25, -0.2) is 14.8 Å². The Kier molecular flexibility index (Phi) is 6.92. The normalized spacial score (nSPS) is 12.0. The van der Waals surface area contributed by atoms with Crippen molar-refractivity contribution in [3.05, 3.63) is 94.1 Å². The predicted octanol–water partition coefficient (Wildman–Crippen LogP) is 6.33. The van der Waals surface area contributed by atoms with Crippen molar-refractivity contribution in [3.63, 3.8) is 0 Å². The molecule has 4 N–H and O–H groups in total. The number of nitrogens with one attached hydrogen (secondary N) is 3. The number of aromatic amines is 1. The third-order valence-corrected chi connectivity index (χ3v) is 7.37. The summed E-state index contributed by atoms with van der Waals surface area (Å²) in [6.45, 7) is 6.63. The van der Waals surface area contributed by atoms with E-state index in [0.717, 1.165) is 54.8 Å². The first-order chi connectivity index (χ1) is 17.9. The van der Waals surface area contributed by atoms with Crippen molar-refractivity contribution in [2.75, 3.05) is 10.6 Å². The average molecular weight is 512 g/mol. The predicted molar refractivity (Wildman–Crippen MR) is 150 cm³/mol. The lowest BCUT2D eigenvalue weighted by Crippen LogP contribution is -2.32. The number of thiazole rings is 1. The van der Waals surface area contributed by atoms with E-state index in [4.69, 9.17) is 0 Å². The summed E-state index contributed by atoms with van der Waals surface area (Å²) < 4.78 is 0. The summed E-state index contributed by atoms with van der Waals surface area (Å²) in [6, 6.07) is 19.4. The molecule has 0 amide bonds. The van der Waals surface area contributed by atoms with E-state index in [-0.39, 0.29) is 0 Å². The van der Waals surface area contributed by atoms with Crippen molar-refractivity contribution >= 4 is 40.0 Å². The molecule has 0 aliphatic carbocycles. The molecule has 7 nitrogen and oxygen atoms in total. The van der Waals surface area contributed by atoms with Gasteiger partial charge >= 0.3 is 5.97 Å². The van der Waals surface area contributed by atoms with Gasteiger partial charge in [-0.15, -0.1) is 11.3 Å². The zero-order chi connectivity index (χ0) is 25.9. The van der Waals surface area contributed by atoms with Crippen molar-refractivity contribution < 1.29 is 9.90 Å². The van der Waals surface area contributed by atoms with Crippen LogP contribution in [-0.2, 0) is 17.8 Å². The molecule has 3 aromatic carbocycles. The number of aliphatic carboxylic acids is 1. The molecule has 1 atom stereocenters. The summed E-state index contributed by atoms with van der Waals surface area (Å²) in [7, 11) is 0. The van der Waals surface area contributed by atoms with Crippen LogP contribution >= 0.6 is 11.3 Å². The molecule has 0 spiro atoms. The number of carboxylic acids is 1. The van der Waals surface area contributed by atoms with Gasteiger partial charge in [0.25, 0.3) is 0 Å². The maximum absolute atomic E-state index is 12.0. The van der Waals surface area contributed by atoms with Crippen LogP contribution in [0, 0.1) is 20.8 Å². The summed E-state index contributed by atoms with van der Waals surface area (Å²) in [4.78, 5) is 25.4. The van der Waals surface area contributed by atoms with Crippen LogP contribution in [0.2, 0.25) is 0 Å². The molecule has 2 aromatic heterocycles. The first kappa shape index (κ1) is 24.5. The molecule has 8 heteroatoms. The van der Waals surface area contributed by atoms with Crippen molar-refractivity contribution in [1.82, 2.24) is 15.0 Å². The van der Waals surface area contributed by atoms with Gasteiger partial charge in [0.05, 0.1) is 22.5 Å². The number of benzene rings is 3. The quantitative estimate of drug-likeness (QED) is 0.184. The minimum atomic E-state index is -0.868. The fraction of sp³-hybridized carbons (Fsp3) is 0.207. The van der Waals surface area contributed by atoms with Crippen LogP contribution in [0.1, 0.15) is 27.3 Å². The standard InChI is InChI=1S/C29H29N5O2S/c1-17-12-18(2)27(19(3)13-17)32-24(28(35)36)14-20-8-10-21(11-9-20)25-15-30-26(37-25)16-31-29-33-22-6-4-5-7-23(22)34-29/h4-13,15,24,32H,14,16H2,1-3H3,(H,35,36)(H2,31,33,34). The number of hydrogen-bond acceptors (Lipinski definition) is 6. The van der Waals surface area contributed by atoms with Gasteiger partial charge in [0.15, 0.2) is 0 Å². The van der Waals surface area contributed by atoms with Crippen molar-refractivity contribution in [2.24, 2.45) is 0 Å². The Labute approximate surface area is 219 Å². The fourth-order valence-electron chi connectivity index (χ4n) is 4.54. The third kappa shape index (κ3) is 5.65. The number of carbonyl (C=O) groups is 1. The Morgan fingerprint density at radius 3 is 2.49 bits per heavy atom.